The maximum Gasteiger partial charge on any atom is 0.146 e. The molecule has 0 aliphatic rings. The first-order valence-electron chi connectivity index (χ1n) is 4.35. The Balaban J connectivity index is 3.27. The molecule has 78 valence electrons. The van der Waals surface area contributed by atoms with Crippen molar-refractivity contribution >= 4 is 5.69 Å². The Kier molecular flexibility index (Phi) is 2.98. The zero-order valence-electron chi connectivity index (χ0n) is 8.45. The summed E-state index contributed by atoms with van der Waals surface area (Å²) >= 11 is 0. The molecule has 0 saturated heterocycles. The van der Waals surface area contributed by atoms with Crippen LogP contribution in [0.5, 0.6) is 5.75 Å². The van der Waals surface area contributed by atoms with Gasteiger partial charge in [0.15, 0.2) is 0 Å². The number of rotatable bonds is 3. The van der Waals surface area contributed by atoms with Crippen LogP contribution in [0.25, 0.3) is 0 Å². The van der Waals surface area contributed by atoms with Gasteiger partial charge in [-0.25, -0.2) is 0 Å². The molecule has 1 atom stereocenters. The number of nitrogens with two attached hydrogens (primary N) is 2. The van der Waals surface area contributed by atoms with Crippen molar-refractivity contribution in [3.05, 3.63) is 23.8 Å². The Hall–Kier alpha value is -1.26. The highest BCUT2D eigenvalue weighted by Gasteiger charge is 2.24. The average Bonchev–Trinajstić information content (AvgIpc) is 2.17. The van der Waals surface area contributed by atoms with Crippen molar-refractivity contribution in [1.82, 2.24) is 0 Å². The lowest BCUT2D eigenvalue weighted by molar-refractivity contribution is 0.206. The fraction of sp³-hybridized carbons (Fsp3) is 0.400. The van der Waals surface area contributed by atoms with E-state index in [1.165, 1.54) is 7.11 Å². The van der Waals surface area contributed by atoms with Gasteiger partial charge in [-0.3, -0.25) is 0 Å². The van der Waals surface area contributed by atoms with Crippen molar-refractivity contribution in [2.24, 2.45) is 5.73 Å². The van der Waals surface area contributed by atoms with Gasteiger partial charge in [0.05, 0.1) is 24.9 Å². The first-order chi connectivity index (χ1) is 6.53. The van der Waals surface area contributed by atoms with Crippen LogP contribution in [0, 0.1) is 0 Å². The van der Waals surface area contributed by atoms with Gasteiger partial charge in [-0.1, -0.05) is 12.1 Å². The number of hydrogen-bond acceptors (Lipinski definition) is 4. The smallest absolute Gasteiger partial charge is 0.146 e. The van der Waals surface area contributed by atoms with Crippen LogP contribution in [-0.4, -0.2) is 18.8 Å². The molecule has 0 aliphatic carbocycles. The molecule has 5 N–H and O–H groups in total. The molecule has 0 heterocycles. The van der Waals surface area contributed by atoms with Gasteiger partial charge in [0.2, 0.25) is 0 Å². The van der Waals surface area contributed by atoms with Crippen LogP contribution in [0.4, 0.5) is 5.69 Å². The predicted molar refractivity (Wildman–Crippen MR) is 56.0 cm³/mol. The lowest BCUT2D eigenvalue weighted by Crippen LogP contribution is -2.37. The molecule has 0 spiro atoms. The van der Waals surface area contributed by atoms with Crippen LogP contribution < -0.4 is 16.2 Å². The van der Waals surface area contributed by atoms with Gasteiger partial charge >= 0.3 is 0 Å². The monoisotopic (exact) mass is 196 g/mol. The zero-order chi connectivity index (χ0) is 10.8. The average molecular weight is 196 g/mol. The van der Waals surface area contributed by atoms with Gasteiger partial charge in [0.1, 0.15) is 5.75 Å². The number of anilines is 1. The fourth-order valence-corrected chi connectivity index (χ4v) is 1.32. The summed E-state index contributed by atoms with van der Waals surface area (Å²) in [5.41, 5.74) is 12.0. The lowest BCUT2D eigenvalue weighted by Gasteiger charge is -2.25. The number of para-hydroxylation sites is 1. The molecule has 0 radical (unpaired) electrons. The molecular formula is C10H16N2O2. The second-order valence-electron chi connectivity index (χ2n) is 3.50. The molecule has 0 aliphatic heterocycles. The Morgan fingerprint density at radius 1 is 1.50 bits per heavy atom. The lowest BCUT2D eigenvalue weighted by atomic mass is 9.93. The molecule has 1 aromatic carbocycles. The third-order valence-electron chi connectivity index (χ3n) is 2.19. The zero-order valence-corrected chi connectivity index (χ0v) is 8.45. The number of nitrogen functional groups attached to an aromatic ring is 1. The van der Waals surface area contributed by atoms with Crippen LogP contribution in [0.2, 0.25) is 0 Å². The highest BCUT2D eigenvalue weighted by atomic mass is 16.5. The Morgan fingerprint density at radius 3 is 2.64 bits per heavy atom. The van der Waals surface area contributed by atoms with Crippen molar-refractivity contribution in [2.75, 3.05) is 19.5 Å². The summed E-state index contributed by atoms with van der Waals surface area (Å²) in [5, 5.41) is 9.14. The van der Waals surface area contributed by atoms with E-state index in [1.54, 1.807) is 25.1 Å². The number of benzene rings is 1. The summed E-state index contributed by atoms with van der Waals surface area (Å²) in [6.45, 7) is 1.57. The molecule has 0 fully saturated rings. The summed E-state index contributed by atoms with van der Waals surface area (Å²) < 4.78 is 5.15. The van der Waals surface area contributed by atoms with E-state index in [1.807, 2.05) is 0 Å². The van der Waals surface area contributed by atoms with Crippen molar-refractivity contribution in [1.29, 1.82) is 0 Å². The van der Waals surface area contributed by atoms with Crippen molar-refractivity contribution in [2.45, 2.75) is 12.5 Å². The summed E-state index contributed by atoms with van der Waals surface area (Å²) in [7, 11) is 1.53. The normalized spacial score (nSPS) is 14.9. The second kappa shape index (κ2) is 3.86. The molecule has 0 amide bonds. The Labute approximate surface area is 83.5 Å². The molecule has 0 aromatic heterocycles. The van der Waals surface area contributed by atoms with Gasteiger partial charge < -0.3 is 21.3 Å². The van der Waals surface area contributed by atoms with Gasteiger partial charge in [0, 0.05) is 5.56 Å². The standard InChI is InChI=1S/C10H16N2O2/c1-10(12,6-13)7-4-3-5-8(11)9(7)14-2/h3-5,13H,6,11-12H2,1-2H3/t10-/m0/s1. The van der Waals surface area contributed by atoms with Crippen LogP contribution in [0.15, 0.2) is 18.2 Å². The Bertz CT molecular complexity index is 324. The minimum atomic E-state index is -0.833. The minimum Gasteiger partial charge on any atom is -0.494 e. The number of aliphatic hydroxyl groups is 1. The van der Waals surface area contributed by atoms with Crippen LogP contribution >= 0.6 is 0 Å². The van der Waals surface area contributed by atoms with E-state index in [2.05, 4.69) is 0 Å². The molecular weight excluding hydrogens is 180 g/mol. The van der Waals surface area contributed by atoms with E-state index in [0.29, 0.717) is 17.0 Å². The van der Waals surface area contributed by atoms with Gasteiger partial charge in [-0.05, 0) is 13.0 Å². The summed E-state index contributed by atoms with van der Waals surface area (Å²) in [6, 6.07) is 5.31. The van der Waals surface area contributed by atoms with Crippen LogP contribution in [0.1, 0.15) is 12.5 Å². The highest BCUT2D eigenvalue weighted by molar-refractivity contribution is 5.58. The SMILES string of the molecule is COc1c(N)cccc1[C@@](C)(N)CO. The third-order valence-corrected chi connectivity index (χ3v) is 2.19. The molecule has 1 aromatic rings. The van der Waals surface area contributed by atoms with E-state index in [0.717, 1.165) is 0 Å². The van der Waals surface area contributed by atoms with Gasteiger partial charge in [0.25, 0.3) is 0 Å². The fourth-order valence-electron chi connectivity index (χ4n) is 1.32. The van der Waals surface area contributed by atoms with Crippen molar-refractivity contribution in [3.63, 3.8) is 0 Å². The Morgan fingerprint density at radius 2 is 2.14 bits per heavy atom. The molecule has 0 saturated carbocycles. The van der Waals surface area contributed by atoms with Crippen molar-refractivity contribution in [3.8, 4) is 5.75 Å². The quantitative estimate of drug-likeness (QED) is 0.613. The maximum absolute atomic E-state index is 9.14. The predicted octanol–water partition coefficient (Wildman–Crippen LogP) is 0.444. The number of aliphatic hydroxyl groups excluding tert-OH is 1. The van der Waals surface area contributed by atoms with E-state index < -0.39 is 5.54 Å². The molecule has 14 heavy (non-hydrogen) atoms. The summed E-state index contributed by atoms with van der Waals surface area (Å²) in [5.74, 6) is 0.534. The first-order valence-corrected chi connectivity index (χ1v) is 4.35. The first kappa shape index (κ1) is 10.8. The molecule has 1 rings (SSSR count). The minimum absolute atomic E-state index is 0.160. The number of methoxy groups -OCH3 is 1. The van der Waals surface area contributed by atoms with Crippen molar-refractivity contribution < 1.29 is 9.84 Å². The van der Waals surface area contributed by atoms with E-state index >= 15 is 0 Å². The highest BCUT2D eigenvalue weighted by Crippen LogP contribution is 2.32. The molecule has 4 heteroatoms. The van der Waals surface area contributed by atoms with Crippen LogP contribution in [0.3, 0.4) is 0 Å². The molecule has 0 unspecified atom stereocenters. The number of ether oxygens (including phenoxy) is 1. The topological polar surface area (TPSA) is 81.5 Å². The maximum atomic E-state index is 9.14. The van der Waals surface area contributed by atoms with E-state index in [4.69, 9.17) is 21.3 Å². The van der Waals surface area contributed by atoms with Crippen LogP contribution in [-0.2, 0) is 5.54 Å². The third kappa shape index (κ3) is 1.81. The second-order valence-corrected chi connectivity index (χ2v) is 3.50. The van der Waals surface area contributed by atoms with E-state index in [9.17, 15) is 0 Å². The van der Waals surface area contributed by atoms with E-state index in [-0.39, 0.29) is 6.61 Å². The van der Waals surface area contributed by atoms with Gasteiger partial charge in [-0.2, -0.15) is 0 Å². The molecule has 4 nitrogen and oxygen atoms in total. The largest absolute Gasteiger partial charge is 0.494 e. The molecule has 0 bridgehead atoms. The summed E-state index contributed by atoms with van der Waals surface area (Å²) in [6.07, 6.45) is 0. The summed E-state index contributed by atoms with van der Waals surface area (Å²) in [4.78, 5) is 0. The van der Waals surface area contributed by atoms with Gasteiger partial charge in [-0.15, -0.1) is 0 Å². The number of hydrogen-bond donors (Lipinski definition) is 3.